The van der Waals surface area contributed by atoms with E-state index >= 15 is 0 Å². The summed E-state index contributed by atoms with van der Waals surface area (Å²) in [5.74, 6) is -0.00458. The van der Waals surface area contributed by atoms with Crippen LogP contribution in [0.2, 0.25) is 0 Å². The minimum absolute atomic E-state index is 0.00458. The van der Waals surface area contributed by atoms with Gasteiger partial charge in [-0.3, -0.25) is 9.78 Å². The Hall–Kier alpha value is -2.69. The van der Waals surface area contributed by atoms with E-state index in [1.54, 1.807) is 12.4 Å². The second-order valence-electron chi connectivity index (χ2n) is 5.54. The first-order chi connectivity index (χ1) is 10.8. The largest absolute Gasteiger partial charge is 0.330 e. The van der Waals surface area contributed by atoms with Gasteiger partial charge in [-0.1, -0.05) is 12.1 Å². The molecule has 1 saturated heterocycles. The van der Waals surface area contributed by atoms with Crippen LogP contribution in [0.4, 0.5) is 0 Å². The minimum Gasteiger partial charge on any atom is -0.330 e. The molecule has 0 radical (unpaired) electrons. The van der Waals surface area contributed by atoms with Gasteiger partial charge in [-0.15, -0.1) is 0 Å². The Labute approximate surface area is 128 Å². The lowest BCUT2D eigenvalue weighted by Gasteiger charge is -2.23. The van der Waals surface area contributed by atoms with Gasteiger partial charge >= 0.3 is 0 Å². The van der Waals surface area contributed by atoms with Crippen molar-refractivity contribution in [1.82, 2.24) is 19.3 Å². The molecule has 1 atom stereocenters. The standard InChI is InChI=1S/C17H16N4O/c22-17(14-12-20-9-2-1-7-16(20)19-14)21-10-4-6-15(21)13-5-3-8-18-11-13/h1-3,5,7-9,11-12,15H,4,6,10H2/t15-/m1/s1. The predicted octanol–water partition coefficient (Wildman–Crippen LogP) is 2.71. The van der Waals surface area contributed by atoms with E-state index in [1.165, 1.54) is 0 Å². The Morgan fingerprint density at radius 3 is 3.00 bits per heavy atom. The Morgan fingerprint density at radius 1 is 1.23 bits per heavy atom. The molecular formula is C17H16N4O. The number of pyridine rings is 2. The van der Waals surface area contributed by atoms with E-state index in [9.17, 15) is 4.79 Å². The van der Waals surface area contributed by atoms with Crippen LogP contribution in [0.1, 0.15) is 34.9 Å². The molecule has 1 fully saturated rings. The molecule has 0 spiro atoms. The highest BCUT2D eigenvalue weighted by Gasteiger charge is 2.31. The highest BCUT2D eigenvalue weighted by molar-refractivity contribution is 5.93. The van der Waals surface area contributed by atoms with E-state index in [2.05, 4.69) is 9.97 Å². The maximum Gasteiger partial charge on any atom is 0.274 e. The molecule has 4 rings (SSSR count). The van der Waals surface area contributed by atoms with Crippen LogP contribution < -0.4 is 0 Å². The summed E-state index contributed by atoms with van der Waals surface area (Å²) in [6.45, 7) is 0.770. The van der Waals surface area contributed by atoms with Crippen LogP contribution in [-0.4, -0.2) is 31.7 Å². The fraction of sp³-hybridized carbons (Fsp3) is 0.235. The Morgan fingerprint density at radius 2 is 2.18 bits per heavy atom. The van der Waals surface area contributed by atoms with Crippen molar-refractivity contribution < 1.29 is 4.79 Å². The van der Waals surface area contributed by atoms with E-state index < -0.39 is 0 Å². The van der Waals surface area contributed by atoms with Crippen LogP contribution in [0.15, 0.2) is 55.1 Å². The first-order valence-electron chi connectivity index (χ1n) is 7.47. The van der Waals surface area contributed by atoms with Crippen molar-refractivity contribution >= 4 is 11.6 Å². The van der Waals surface area contributed by atoms with Gasteiger partial charge in [-0.25, -0.2) is 4.98 Å². The second-order valence-corrected chi connectivity index (χ2v) is 5.54. The van der Waals surface area contributed by atoms with Gasteiger partial charge in [0.05, 0.1) is 6.04 Å². The molecule has 1 aliphatic rings. The van der Waals surface area contributed by atoms with Crippen LogP contribution in [0.3, 0.4) is 0 Å². The van der Waals surface area contributed by atoms with Crippen LogP contribution in [0, 0.1) is 0 Å². The summed E-state index contributed by atoms with van der Waals surface area (Å²) in [6, 6.07) is 9.81. The van der Waals surface area contributed by atoms with Crippen molar-refractivity contribution in [1.29, 1.82) is 0 Å². The number of imidazole rings is 1. The number of carbonyl (C=O) groups excluding carboxylic acids is 1. The van der Waals surface area contributed by atoms with Crippen molar-refractivity contribution in [3.8, 4) is 0 Å². The molecule has 0 aliphatic carbocycles. The highest BCUT2D eigenvalue weighted by Crippen LogP contribution is 2.32. The summed E-state index contributed by atoms with van der Waals surface area (Å²) < 4.78 is 1.88. The van der Waals surface area contributed by atoms with E-state index in [4.69, 9.17) is 0 Å². The number of fused-ring (bicyclic) bond motifs is 1. The quantitative estimate of drug-likeness (QED) is 0.729. The summed E-state index contributed by atoms with van der Waals surface area (Å²) in [4.78, 5) is 23.4. The van der Waals surface area contributed by atoms with Gasteiger partial charge in [0.2, 0.25) is 0 Å². The molecule has 1 aliphatic heterocycles. The van der Waals surface area contributed by atoms with Crippen molar-refractivity contribution in [3.05, 3.63) is 66.4 Å². The molecule has 4 heterocycles. The van der Waals surface area contributed by atoms with E-state index in [0.29, 0.717) is 5.69 Å². The number of rotatable bonds is 2. The van der Waals surface area contributed by atoms with Gasteiger partial charge in [0.15, 0.2) is 0 Å². The maximum absolute atomic E-state index is 12.8. The molecular weight excluding hydrogens is 276 g/mol. The lowest BCUT2D eigenvalue weighted by molar-refractivity contribution is 0.0730. The molecule has 1 amide bonds. The fourth-order valence-electron chi connectivity index (χ4n) is 3.11. The number of likely N-dealkylation sites (tertiary alicyclic amines) is 1. The zero-order valence-corrected chi connectivity index (χ0v) is 12.1. The average Bonchev–Trinajstić information content (AvgIpc) is 3.21. The normalized spacial score (nSPS) is 18.0. The van der Waals surface area contributed by atoms with Gasteiger partial charge in [0, 0.05) is 31.3 Å². The van der Waals surface area contributed by atoms with Crippen LogP contribution >= 0.6 is 0 Å². The second kappa shape index (κ2) is 5.26. The number of hydrogen-bond donors (Lipinski definition) is 0. The van der Waals surface area contributed by atoms with Crippen molar-refractivity contribution in [2.45, 2.75) is 18.9 Å². The third-order valence-electron chi connectivity index (χ3n) is 4.17. The van der Waals surface area contributed by atoms with E-state index in [-0.39, 0.29) is 11.9 Å². The lowest BCUT2D eigenvalue weighted by Crippen LogP contribution is -2.30. The smallest absolute Gasteiger partial charge is 0.274 e. The van der Waals surface area contributed by atoms with Gasteiger partial charge in [-0.05, 0) is 36.6 Å². The summed E-state index contributed by atoms with van der Waals surface area (Å²) in [5, 5.41) is 0. The van der Waals surface area contributed by atoms with Gasteiger partial charge in [0.25, 0.3) is 5.91 Å². The van der Waals surface area contributed by atoms with Gasteiger partial charge in [-0.2, -0.15) is 0 Å². The number of amides is 1. The molecule has 0 bridgehead atoms. The summed E-state index contributed by atoms with van der Waals surface area (Å²) >= 11 is 0. The molecule has 0 N–H and O–H groups in total. The molecule has 5 nitrogen and oxygen atoms in total. The molecule has 5 heteroatoms. The first kappa shape index (κ1) is 13.0. The fourth-order valence-corrected chi connectivity index (χ4v) is 3.11. The molecule has 3 aromatic rings. The molecule has 0 unspecified atom stereocenters. The number of carbonyl (C=O) groups is 1. The van der Waals surface area contributed by atoms with Crippen LogP contribution in [0.25, 0.3) is 5.65 Å². The third kappa shape index (κ3) is 2.15. The van der Waals surface area contributed by atoms with Crippen molar-refractivity contribution in [2.75, 3.05) is 6.54 Å². The average molecular weight is 292 g/mol. The predicted molar refractivity (Wildman–Crippen MR) is 82.4 cm³/mol. The van der Waals surface area contributed by atoms with Crippen LogP contribution in [-0.2, 0) is 0 Å². The summed E-state index contributed by atoms with van der Waals surface area (Å²) in [7, 11) is 0. The lowest BCUT2D eigenvalue weighted by atomic mass is 10.1. The summed E-state index contributed by atoms with van der Waals surface area (Å²) in [6.07, 6.45) is 9.30. The highest BCUT2D eigenvalue weighted by atomic mass is 16.2. The molecule has 0 saturated carbocycles. The molecule has 22 heavy (non-hydrogen) atoms. The topological polar surface area (TPSA) is 50.5 Å². The van der Waals surface area contributed by atoms with Crippen molar-refractivity contribution in [3.63, 3.8) is 0 Å². The van der Waals surface area contributed by atoms with Gasteiger partial charge < -0.3 is 9.30 Å². The zero-order valence-electron chi connectivity index (χ0n) is 12.1. The Bertz CT molecular complexity index is 779. The third-order valence-corrected chi connectivity index (χ3v) is 4.17. The zero-order chi connectivity index (χ0) is 14.9. The maximum atomic E-state index is 12.8. The van der Waals surface area contributed by atoms with Crippen LogP contribution in [0.5, 0.6) is 0 Å². The van der Waals surface area contributed by atoms with E-state index in [1.807, 2.05) is 52.0 Å². The first-order valence-corrected chi connectivity index (χ1v) is 7.47. The summed E-state index contributed by atoms with van der Waals surface area (Å²) in [5.41, 5.74) is 2.39. The van der Waals surface area contributed by atoms with E-state index in [0.717, 1.165) is 30.6 Å². The molecule has 110 valence electrons. The SMILES string of the molecule is O=C(c1cn2ccccc2n1)N1CCC[C@@H]1c1cccnc1. The Balaban J connectivity index is 1.66. The number of nitrogens with zero attached hydrogens (tertiary/aromatic N) is 4. The Kier molecular flexibility index (Phi) is 3.11. The number of aromatic nitrogens is 3. The van der Waals surface area contributed by atoms with Gasteiger partial charge in [0.1, 0.15) is 11.3 Å². The van der Waals surface area contributed by atoms with Crippen molar-refractivity contribution in [2.24, 2.45) is 0 Å². The monoisotopic (exact) mass is 292 g/mol. The molecule has 0 aromatic carbocycles. The molecule has 3 aromatic heterocycles. The minimum atomic E-state index is -0.00458. The number of hydrogen-bond acceptors (Lipinski definition) is 3.